The van der Waals surface area contributed by atoms with E-state index in [-0.39, 0.29) is 6.10 Å². The van der Waals surface area contributed by atoms with Gasteiger partial charge in [-0.15, -0.1) is 0 Å². The van der Waals surface area contributed by atoms with Crippen LogP contribution < -0.4 is 10.5 Å². The molecule has 5 nitrogen and oxygen atoms in total. The van der Waals surface area contributed by atoms with E-state index in [1.165, 1.54) is 0 Å². The molecule has 0 amide bonds. The standard InChI is InChI=1S/C11H17N3O2/c1-8-6-9(7-12)14-11(13-8)16-10-2-4-15-5-3-10/h6,10H,2-5,7,12H2,1H3. The molecule has 1 aliphatic heterocycles. The van der Waals surface area contributed by atoms with E-state index in [1.54, 1.807) is 0 Å². The van der Waals surface area contributed by atoms with Gasteiger partial charge in [-0.3, -0.25) is 0 Å². The Morgan fingerprint density at radius 1 is 1.44 bits per heavy atom. The second kappa shape index (κ2) is 5.23. The van der Waals surface area contributed by atoms with Gasteiger partial charge in [0.1, 0.15) is 6.10 Å². The molecular weight excluding hydrogens is 206 g/mol. The Kier molecular flexibility index (Phi) is 3.69. The summed E-state index contributed by atoms with van der Waals surface area (Å²) in [5, 5.41) is 0. The topological polar surface area (TPSA) is 70.3 Å². The van der Waals surface area contributed by atoms with Crippen LogP contribution in [0.4, 0.5) is 0 Å². The summed E-state index contributed by atoms with van der Waals surface area (Å²) >= 11 is 0. The van der Waals surface area contributed by atoms with Crippen molar-refractivity contribution in [1.82, 2.24) is 9.97 Å². The van der Waals surface area contributed by atoms with E-state index in [9.17, 15) is 0 Å². The lowest BCUT2D eigenvalue weighted by atomic mass is 10.2. The predicted octanol–water partition coefficient (Wildman–Crippen LogP) is 0.802. The number of aromatic nitrogens is 2. The van der Waals surface area contributed by atoms with Gasteiger partial charge in [0.05, 0.1) is 18.9 Å². The van der Waals surface area contributed by atoms with Crippen molar-refractivity contribution in [3.8, 4) is 6.01 Å². The molecule has 1 aromatic rings. The van der Waals surface area contributed by atoms with Gasteiger partial charge in [-0.25, -0.2) is 4.98 Å². The number of aryl methyl sites for hydroxylation is 1. The van der Waals surface area contributed by atoms with E-state index < -0.39 is 0 Å². The number of rotatable bonds is 3. The van der Waals surface area contributed by atoms with Crippen molar-refractivity contribution in [2.24, 2.45) is 5.73 Å². The Hall–Kier alpha value is -1.20. The van der Waals surface area contributed by atoms with E-state index >= 15 is 0 Å². The van der Waals surface area contributed by atoms with Crippen LogP contribution in [0.3, 0.4) is 0 Å². The smallest absolute Gasteiger partial charge is 0.317 e. The van der Waals surface area contributed by atoms with Crippen LogP contribution in [0, 0.1) is 6.92 Å². The van der Waals surface area contributed by atoms with Crippen molar-refractivity contribution in [3.05, 3.63) is 17.5 Å². The summed E-state index contributed by atoms with van der Waals surface area (Å²) in [7, 11) is 0. The van der Waals surface area contributed by atoms with E-state index in [0.717, 1.165) is 37.4 Å². The van der Waals surface area contributed by atoms with Crippen molar-refractivity contribution < 1.29 is 9.47 Å². The zero-order valence-corrected chi connectivity index (χ0v) is 9.48. The molecule has 1 aromatic heterocycles. The Balaban J connectivity index is 2.04. The van der Waals surface area contributed by atoms with Crippen LogP contribution >= 0.6 is 0 Å². The summed E-state index contributed by atoms with van der Waals surface area (Å²) in [6, 6.07) is 2.31. The maximum atomic E-state index is 5.72. The predicted molar refractivity (Wildman–Crippen MR) is 59.1 cm³/mol. The molecule has 2 rings (SSSR count). The fourth-order valence-corrected chi connectivity index (χ4v) is 1.70. The van der Waals surface area contributed by atoms with Gasteiger partial charge >= 0.3 is 6.01 Å². The molecule has 2 N–H and O–H groups in total. The molecule has 1 saturated heterocycles. The van der Waals surface area contributed by atoms with Crippen LogP contribution in [0.5, 0.6) is 6.01 Å². The van der Waals surface area contributed by atoms with Crippen LogP contribution in [-0.2, 0) is 11.3 Å². The lowest BCUT2D eigenvalue weighted by molar-refractivity contribution is 0.0215. The summed E-state index contributed by atoms with van der Waals surface area (Å²) in [4.78, 5) is 8.49. The van der Waals surface area contributed by atoms with Gasteiger partial charge in [-0.1, -0.05) is 0 Å². The van der Waals surface area contributed by atoms with Crippen LogP contribution in [0.25, 0.3) is 0 Å². The molecule has 1 aliphatic rings. The molecule has 0 unspecified atom stereocenters. The number of hydrogen-bond donors (Lipinski definition) is 1. The van der Waals surface area contributed by atoms with E-state index in [1.807, 2.05) is 13.0 Å². The molecule has 88 valence electrons. The SMILES string of the molecule is Cc1cc(CN)nc(OC2CCOCC2)n1. The molecule has 0 aromatic carbocycles. The van der Waals surface area contributed by atoms with Crippen molar-refractivity contribution in [2.45, 2.75) is 32.4 Å². The monoisotopic (exact) mass is 223 g/mol. The zero-order valence-electron chi connectivity index (χ0n) is 9.48. The maximum Gasteiger partial charge on any atom is 0.317 e. The average molecular weight is 223 g/mol. The van der Waals surface area contributed by atoms with Gasteiger partial charge in [-0.05, 0) is 13.0 Å². The summed E-state index contributed by atoms with van der Waals surface area (Å²) in [6.07, 6.45) is 1.96. The second-order valence-corrected chi connectivity index (χ2v) is 3.92. The largest absolute Gasteiger partial charge is 0.460 e. The molecule has 0 saturated carbocycles. The quantitative estimate of drug-likeness (QED) is 0.820. The lowest BCUT2D eigenvalue weighted by Gasteiger charge is -2.22. The third kappa shape index (κ3) is 2.90. The Morgan fingerprint density at radius 3 is 2.88 bits per heavy atom. The molecule has 0 radical (unpaired) electrons. The van der Waals surface area contributed by atoms with Crippen LogP contribution in [-0.4, -0.2) is 29.3 Å². The first kappa shape index (κ1) is 11.3. The molecule has 1 fully saturated rings. The van der Waals surface area contributed by atoms with Gasteiger partial charge in [0.25, 0.3) is 0 Å². The summed E-state index contributed by atoms with van der Waals surface area (Å²) in [5.74, 6) is 0. The second-order valence-electron chi connectivity index (χ2n) is 3.92. The number of hydrogen-bond acceptors (Lipinski definition) is 5. The first-order chi connectivity index (χ1) is 7.78. The Labute approximate surface area is 95.0 Å². The molecule has 0 aliphatic carbocycles. The third-order valence-electron chi connectivity index (χ3n) is 2.54. The minimum Gasteiger partial charge on any atom is -0.460 e. The first-order valence-electron chi connectivity index (χ1n) is 5.57. The fraction of sp³-hybridized carbons (Fsp3) is 0.636. The minimum atomic E-state index is 0.168. The highest BCUT2D eigenvalue weighted by molar-refractivity contribution is 5.12. The van der Waals surface area contributed by atoms with Gasteiger partial charge in [0, 0.05) is 25.1 Å². The third-order valence-corrected chi connectivity index (χ3v) is 2.54. The van der Waals surface area contributed by atoms with Crippen molar-refractivity contribution >= 4 is 0 Å². The van der Waals surface area contributed by atoms with Crippen LogP contribution in [0.1, 0.15) is 24.2 Å². The molecular formula is C11H17N3O2. The number of nitrogens with zero attached hydrogens (tertiary/aromatic N) is 2. The van der Waals surface area contributed by atoms with Crippen molar-refractivity contribution in [1.29, 1.82) is 0 Å². The number of ether oxygens (including phenoxy) is 2. The van der Waals surface area contributed by atoms with Gasteiger partial charge in [0.15, 0.2) is 0 Å². The van der Waals surface area contributed by atoms with Crippen molar-refractivity contribution in [2.75, 3.05) is 13.2 Å². The Bertz CT molecular complexity index is 351. The number of nitrogens with two attached hydrogens (primary N) is 1. The fourth-order valence-electron chi connectivity index (χ4n) is 1.70. The highest BCUT2D eigenvalue weighted by atomic mass is 16.5. The van der Waals surface area contributed by atoms with Gasteiger partial charge in [-0.2, -0.15) is 4.98 Å². The average Bonchev–Trinajstić information content (AvgIpc) is 2.29. The molecule has 0 atom stereocenters. The first-order valence-corrected chi connectivity index (χ1v) is 5.57. The van der Waals surface area contributed by atoms with Crippen LogP contribution in [0.2, 0.25) is 0 Å². The molecule has 2 heterocycles. The van der Waals surface area contributed by atoms with E-state index in [4.69, 9.17) is 15.2 Å². The van der Waals surface area contributed by atoms with Gasteiger partial charge < -0.3 is 15.2 Å². The molecule has 16 heavy (non-hydrogen) atoms. The molecule has 5 heteroatoms. The van der Waals surface area contributed by atoms with E-state index in [2.05, 4.69) is 9.97 Å². The summed E-state index contributed by atoms with van der Waals surface area (Å²) in [5.41, 5.74) is 7.26. The van der Waals surface area contributed by atoms with Gasteiger partial charge in [0.2, 0.25) is 0 Å². The zero-order chi connectivity index (χ0) is 11.4. The highest BCUT2D eigenvalue weighted by Crippen LogP contribution is 2.14. The highest BCUT2D eigenvalue weighted by Gasteiger charge is 2.16. The molecule has 0 bridgehead atoms. The summed E-state index contributed by atoms with van der Waals surface area (Å²) < 4.78 is 11.0. The Morgan fingerprint density at radius 2 is 2.19 bits per heavy atom. The van der Waals surface area contributed by atoms with E-state index in [0.29, 0.717) is 12.6 Å². The maximum absolute atomic E-state index is 5.72. The minimum absolute atomic E-state index is 0.168. The normalized spacial score (nSPS) is 17.4. The summed E-state index contributed by atoms with van der Waals surface area (Å²) in [6.45, 7) is 3.83. The molecule has 0 spiro atoms. The lowest BCUT2D eigenvalue weighted by Crippen LogP contribution is -2.26. The van der Waals surface area contributed by atoms with Crippen molar-refractivity contribution in [3.63, 3.8) is 0 Å². The van der Waals surface area contributed by atoms with Crippen LogP contribution in [0.15, 0.2) is 6.07 Å².